The molecule has 1 saturated carbocycles. The van der Waals surface area contributed by atoms with Crippen molar-refractivity contribution >= 4 is 5.91 Å². The molecule has 2 fully saturated rings. The van der Waals surface area contributed by atoms with Crippen molar-refractivity contribution in [3.63, 3.8) is 0 Å². The number of carbonyl (C=O) groups is 1. The van der Waals surface area contributed by atoms with Gasteiger partial charge in [0.25, 0.3) is 0 Å². The van der Waals surface area contributed by atoms with Crippen LogP contribution in [-0.2, 0) is 16.1 Å². The van der Waals surface area contributed by atoms with Gasteiger partial charge in [0.15, 0.2) is 0 Å². The summed E-state index contributed by atoms with van der Waals surface area (Å²) in [5.74, 6) is 1.62. The third kappa shape index (κ3) is 4.08. The molecule has 0 bridgehead atoms. The summed E-state index contributed by atoms with van der Waals surface area (Å²) in [6.07, 6.45) is 3.90. The molecule has 0 atom stereocenters. The van der Waals surface area contributed by atoms with E-state index in [9.17, 15) is 4.79 Å². The highest BCUT2D eigenvalue weighted by Gasteiger charge is 2.38. The van der Waals surface area contributed by atoms with Crippen LogP contribution in [0.1, 0.15) is 36.8 Å². The Labute approximate surface area is 143 Å². The Morgan fingerprint density at radius 2 is 2.12 bits per heavy atom. The zero-order valence-corrected chi connectivity index (χ0v) is 14.5. The van der Waals surface area contributed by atoms with E-state index in [-0.39, 0.29) is 5.91 Å². The Kier molecular flexibility index (Phi) is 5.41. The SMILES string of the molecule is Cc1ccc(CNC(=O)C2(CN)CCOCC2)c(OCC2CC2)c1. The van der Waals surface area contributed by atoms with E-state index in [1.54, 1.807) is 0 Å². The molecule has 0 spiro atoms. The molecule has 24 heavy (non-hydrogen) atoms. The zero-order valence-electron chi connectivity index (χ0n) is 14.5. The van der Waals surface area contributed by atoms with E-state index in [4.69, 9.17) is 15.2 Å². The largest absolute Gasteiger partial charge is 0.493 e. The van der Waals surface area contributed by atoms with Gasteiger partial charge >= 0.3 is 0 Å². The molecule has 1 aromatic rings. The third-order valence-electron chi connectivity index (χ3n) is 5.16. The van der Waals surface area contributed by atoms with Gasteiger partial charge in [-0.05, 0) is 50.2 Å². The lowest BCUT2D eigenvalue weighted by atomic mass is 9.79. The molecule has 1 aliphatic heterocycles. The molecule has 1 saturated heterocycles. The van der Waals surface area contributed by atoms with Crippen LogP contribution in [0.3, 0.4) is 0 Å². The molecule has 132 valence electrons. The Morgan fingerprint density at radius 3 is 2.79 bits per heavy atom. The van der Waals surface area contributed by atoms with Crippen molar-refractivity contribution in [3.8, 4) is 5.75 Å². The molecular weight excluding hydrogens is 304 g/mol. The number of carbonyl (C=O) groups excluding carboxylic acids is 1. The Morgan fingerprint density at radius 1 is 1.38 bits per heavy atom. The predicted molar refractivity (Wildman–Crippen MR) is 92.8 cm³/mol. The lowest BCUT2D eigenvalue weighted by Crippen LogP contribution is -2.49. The smallest absolute Gasteiger partial charge is 0.227 e. The first-order valence-electron chi connectivity index (χ1n) is 8.91. The second kappa shape index (κ2) is 7.53. The number of rotatable bonds is 7. The van der Waals surface area contributed by atoms with Crippen LogP contribution in [0.25, 0.3) is 0 Å². The number of benzene rings is 1. The van der Waals surface area contributed by atoms with Crippen LogP contribution in [0, 0.1) is 18.3 Å². The Balaban J connectivity index is 1.63. The predicted octanol–water partition coefficient (Wildman–Crippen LogP) is 2.16. The van der Waals surface area contributed by atoms with E-state index in [1.165, 1.54) is 18.4 Å². The van der Waals surface area contributed by atoms with Gasteiger partial charge in [0.05, 0.1) is 12.0 Å². The van der Waals surface area contributed by atoms with Crippen molar-refractivity contribution in [1.82, 2.24) is 5.32 Å². The summed E-state index contributed by atoms with van der Waals surface area (Å²) < 4.78 is 11.4. The van der Waals surface area contributed by atoms with E-state index < -0.39 is 5.41 Å². The average Bonchev–Trinajstić information content (AvgIpc) is 3.43. The lowest BCUT2D eigenvalue weighted by molar-refractivity contribution is -0.136. The van der Waals surface area contributed by atoms with Gasteiger partial charge in [-0.3, -0.25) is 4.79 Å². The lowest BCUT2D eigenvalue weighted by Gasteiger charge is -2.34. The van der Waals surface area contributed by atoms with Gasteiger partial charge in [-0.1, -0.05) is 12.1 Å². The maximum absolute atomic E-state index is 12.7. The van der Waals surface area contributed by atoms with E-state index in [0.717, 1.165) is 17.9 Å². The van der Waals surface area contributed by atoms with E-state index in [2.05, 4.69) is 24.4 Å². The standard InChI is InChI=1S/C19H28N2O3/c1-14-2-5-16(17(10-14)24-12-15-3-4-15)11-21-18(22)19(13-20)6-8-23-9-7-19/h2,5,10,15H,3-4,6-9,11-13,20H2,1H3,(H,21,22). The number of nitrogens with two attached hydrogens (primary N) is 1. The minimum atomic E-state index is -0.488. The maximum Gasteiger partial charge on any atom is 0.227 e. The summed E-state index contributed by atoms with van der Waals surface area (Å²) in [7, 11) is 0. The molecule has 0 radical (unpaired) electrons. The molecule has 1 heterocycles. The third-order valence-corrected chi connectivity index (χ3v) is 5.16. The van der Waals surface area contributed by atoms with E-state index in [1.807, 2.05) is 6.07 Å². The molecule has 3 rings (SSSR count). The molecule has 5 heteroatoms. The highest BCUT2D eigenvalue weighted by atomic mass is 16.5. The molecule has 5 nitrogen and oxygen atoms in total. The van der Waals surface area contributed by atoms with Crippen molar-refractivity contribution in [2.24, 2.45) is 17.1 Å². The van der Waals surface area contributed by atoms with Crippen LogP contribution in [-0.4, -0.2) is 32.3 Å². The monoisotopic (exact) mass is 332 g/mol. The van der Waals surface area contributed by atoms with Crippen molar-refractivity contribution in [2.45, 2.75) is 39.2 Å². The number of amides is 1. The van der Waals surface area contributed by atoms with Crippen LogP contribution in [0.2, 0.25) is 0 Å². The van der Waals surface area contributed by atoms with Crippen LogP contribution >= 0.6 is 0 Å². The first-order chi connectivity index (χ1) is 11.6. The molecule has 1 aromatic carbocycles. The first-order valence-corrected chi connectivity index (χ1v) is 8.91. The van der Waals surface area contributed by atoms with Crippen molar-refractivity contribution < 1.29 is 14.3 Å². The van der Waals surface area contributed by atoms with Gasteiger partial charge in [0.2, 0.25) is 5.91 Å². The van der Waals surface area contributed by atoms with Crippen LogP contribution in [0.4, 0.5) is 0 Å². The zero-order chi connectivity index (χ0) is 17.0. The number of aryl methyl sites for hydroxylation is 1. The van der Waals surface area contributed by atoms with Crippen LogP contribution in [0.5, 0.6) is 5.75 Å². The molecule has 1 amide bonds. The maximum atomic E-state index is 12.7. The first kappa shape index (κ1) is 17.2. The summed E-state index contributed by atoms with van der Waals surface area (Å²) in [5.41, 5.74) is 7.60. The summed E-state index contributed by atoms with van der Waals surface area (Å²) in [6, 6.07) is 6.15. The minimum Gasteiger partial charge on any atom is -0.493 e. The fourth-order valence-electron chi connectivity index (χ4n) is 3.08. The number of nitrogens with one attached hydrogen (secondary N) is 1. The topological polar surface area (TPSA) is 73.6 Å². The van der Waals surface area contributed by atoms with Gasteiger partial charge in [0, 0.05) is 31.9 Å². The average molecular weight is 332 g/mol. The highest BCUT2D eigenvalue weighted by Crippen LogP contribution is 2.32. The van der Waals surface area contributed by atoms with Gasteiger partial charge in [0.1, 0.15) is 5.75 Å². The molecule has 0 aromatic heterocycles. The summed E-state index contributed by atoms with van der Waals surface area (Å²) in [5, 5.41) is 3.07. The number of hydrogen-bond donors (Lipinski definition) is 2. The highest BCUT2D eigenvalue weighted by molar-refractivity contribution is 5.83. The number of hydrogen-bond acceptors (Lipinski definition) is 4. The fraction of sp³-hybridized carbons (Fsp3) is 0.632. The summed E-state index contributed by atoms with van der Waals surface area (Å²) in [6.45, 7) is 4.87. The van der Waals surface area contributed by atoms with Crippen molar-refractivity contribution in [3.05, 3.63) is 29.3 Å². The fourth-order valence-corrected chi connectivity index (χ4v) is 3.08. The molecule has 1 aliphatic carbocycles. The second-order valence-electron chi connectivity index (χ2n) is 7.15. The van der Waals surface area contributed by atoms with Gasteiger partial charge in [-0.25, -0.2) is 0 Å². The Bertz CT molecular complexity index is 578. The van der Waals surface area contributed by atoms with Gasteiger partial charge < -0.3 is 20.5 Å². The second-order valence-corrected chi connectivity index (χ2v) is 7.15. The summed E-state index contributed by atoms with van der Waals surface area (Å²) in [4.78, 5) is 12.7. The van der Waals surface area contributed by atoms with Crippen LogP contribution < -0.4 is 15.8 Å². The Hall–Kier alpha value is -1.59. The quantitative estimate of drug-likeness (QED) is 0.802. The molecule has 0 unspecified atom stereocenters. The van der Waals surface area contributed by atoms with Crippen molar-refractivity contribution in [2.75, 3.05) is 26.4 Å². The van der Waals surface area contributed by atoms with E-state index >= 15 is 0 Å². The van der Waals surface area contributed by atoms with Gasteiger partial charge in [-0.2, -0.15) is 0 Å². The van der Waals surface area contributed by atoms with Crippen molar-refractivity contribution in [1.29, 1.82) is 0 Å². The molecule has 3 N–H and O–H groups in total. The minimum absolute atomic E-state index is 0.0296. The molecule has 2 aliphatic rings. The van der Waals surface area contributed by atoms with Crippen LogP contribution in [0.15, 0.2) is 18.2 Å². The molecular formula is C19H28N2O3. The normalized spacial score (nSPS) is 19.8. The summed E-state index contributed by atoms with van der Waals surface area (Å²) >= 11 is 0. The number of ether oxygens (including phenoxy) is 2. The van der Waals surface area contributed by atoms with E-state index in [0.29, 0.717) is 45.1 Å². The van der Waals surface area contributed by atoms with Gasteiger partial charge in [-0.15, -0.1) is 0 Å².